The molecule has 2 heteroatoms. The third-order valence-electron chi connectivity index (χ3n) is 2.12. The molecule has 1 aliphatic rings. The number of rotatable bonds is 1. The summed E-state index contributed by atoms with van der Waals surface area (Å²) in [6, 6.07) is 0.536. The average Bonchev–Trinajstić information content (AvgIpc) is 2.07. The van der Waals surface area contributed by atoms with E-state index in [1.54, 1.807) is 0 Å². The molecule has 0 aliphatic heterocycles. The van der Waals surface area contributed by atoms with Crippen molar-refractivity contribution >= 4 is 0 Å². The van der Waals surface area contributed by atoms with E-state index in [9.17, 15) is 0 Å². The Morgan fingerprint density at radius 1 is 1.17 bits per heavy atom. The Hall–Kier alpha value is -0.0800. The lowest BCUT2D eigenvalue weighted by molar-refractivity contribution is 0.441. The Balaban J connectivity index is 0.000000217. The molecule has 0 heterocycles. The average molecular weight is 172 g/mol. The van der Waals surface area contributed by atoms with Crippen LogP contribution in [0.5, 0.6) is 0 Å². The zero-order valence-corrected chi connectivity index (χ0v) is 8.55. The van der Waals surface area contributed by atoms with Crippen LogP contribution in [0, 0.1) is 5.92 Å². The fourth-order valence-electron chi connectivity index (χ4n) is 1.13. The van der Waals surface area contributed by atoms with Gasteiger partial charge >= 0.3 is 0 Å². The summed E-state index contributed by atoms with van der Waals surface area (Å²) in [7, 11) is 0. The minimum Gasteiger partial charge on any atom is -0.330 e. The van der Waals surface area contributed by atoms with Gasteiger partial charge in [0.15, 0.2) is 0 Å². The van der Waals surface area contributed by atoms with Gasteiger partial charge in [-0.15, -0.1) is 0 Å². The minimum atomic E-state index is 0.536. The van der Waals surface area contributed by atoms with Gasteiger partial charge in [0, 0.05) is 6.04 Å². The predicted octanol–water partition coefficient (Wildman–Crippen LogP) is 1.88. The first-order valence-corrected chi connectivity index (χ1v) is 5.12. The largest absolute Gasteiger partial charge is 0.330 e. The van der Waals surface area contributed by atoms with E-state index in [1.165, 1.54) is 32.1 Å². The number of hydrogen-bond acceptors (Lipinski definition) is 2. The summed E-state index contributed by atoms with van der Waals surface area (Å²) in [5.41, 5.74) is 10.8. The quantitative estimate of drug-likeness (QED) is 0.634. The molecule has 0 bridgehead atoms. The topological polar surface area (TPSA) is 52.0 Å². The minimum absolute atomic E-state index is 0.536. The van der Waals surface area contributed by atoms with Gasteiger partial charge in [-0.05, 0) is 25.3 Å². The Morgan fingerprint density at radius 3 is 1.75 bits per heavy atom. The van der Waals surface area contributed by atoms with Crippen LogP contribution < -0.4 is 11.5 Å². The van der Waals surface area contributed by atoms with E-state index in [0.717, 1.165) is 6.54 Å². The molecule has 0 aromatic carbocycles. The van der Waals surface area contributed by atoms with Crippen molar-refractivity contribution in [1.82, 2.24) is 0 Å². The summed E-state index contributed by atoms with van der Waals surface area (Å²) in [4.78, 5) is 0. The highest BCUT2D eigenvalue weighted by Gasteiger charge is 2.06. The van der Waals surface area contributed by atoms with Crippen LogP contribution in [0.4, 0.5) is 0 Å². The molecule has 1 aliphatic carbocycles. The third kappa shape index (κ3) is 8.02. The molecule has 0 unspecified atom stereocenters. The molecule has 0 radical (unpaired) electrons. The van der Waals surface area contributed by atoms with Crippen molar-refractivity contribution in [2.75, 3.05) is 6.54 Å². The Morgan fingerprint density at radius 2 is 1.58 bits per heavy atom. The van der Waals surface area contributed by atoms with Gasteiger partial charge < -0.3 is 11.5 Å². The summed E-state index contributed by atoms with van der Waals surface area (Å²) in [6.07, 6.45) is 6.66. The highest BCUT2D eigenvalue weighted by molar-refractivity contribution is 4.66. The van der Waals surface area contributed by atoms with E-state index < -0.39 is 0 Å². The summed E-state index contributed by atoms with van der Waals surface area (Å²) < 4.78 is 0. The van der Waals surface area contributed by atoms with Gasteiger partial charge in [0.2, 0.25) is 0 Å². The summed E-state index contributed by atoms with van der Waals surface area (Å²) in [5, 5.41) is 0. The summed E-state index contributed by atoms with van der Waals surface area (Å²) >= 11 is 0. The maximum absolute atomic E-state index is 5.63. The van der Waals surface area contributed by atoms with Crippen molar-refractivity contribution in [2.24, 2.45) is 17.4 Å². The van der Waals surface area contributed by atoms with E-state index in [4.69, 9.17) is 11.5 Å². The van der Waals surface area contributed by atoms with Gasteiger partial charge in [0.25, 0.3) is 0 Å². The standard InChI is InChI=1S/C6H13N.C4H11N/c7-6-4-2-1-3-5-6;1-4(2)3-5/h6H,1-5,7H2;4H,3,5H2,1-2H3. The SMILES string of the molecule is CC(C)CN.NC1CCCCC1. The molecule has 0 aromatic heterocycles. The molecule has 1 rings (SSSR count). The van der Waals surface area contributed by atoms with Crippen LogP contribution in [0.3, 0.4) is 0 Å². The summed E-state index contributed by atoms with van der Waals surface area (Å²) in [5.74, 6) is 0.662. The fraction of sp³-hybridized carbons (Fsp3) is 1.00. The van der Waals surface area contributed by atoms with E-state index in [0.29, 0.717) is 12.0 Å². The van der Waals surface area contributed by atoms with Crippen LogP contribution in [0.15, 0.2) is 0 Å². The van der Waals surface area contributed by atoms with Gasteiger partial charge in [-0.2, -0.15) is 0 Å². The second-order valence-corrected chi connectivity index (χ2v) is 4.03. The molecule has 0 atom stereocenters. The van der Waals surface area contributed by atoms with Crippen LogP contribution in [-0.2, 0) is 0 Å². The van der Waals surface area contributed by atoms with Crippen molar-refractivity contribution in [1.29, 1.82) is 0 Å². The first kappa shape index (κ1) is 11.9. The van der Waals surface area contributed by atoms with Crippen molar-refractivity contribution in [3.05, 3.63) is 0 Å². The molecule has 12 heavy (non-hydrogen) atoms. The zero-order chi connectivity index (χ0) is 9.40. The molecular formula is C10H24N2. The third-order valence-corrected chi connectivity index (χ3v) is 2.12. The van der Waals surface area contributed by atoms with E-state index in [-0.39, 0.29) is 0 Å². The molecule has 0 saturated heterocycles. The van der Waals surface area contributed by atoms with Gasteiger partial charge in [-0.25, -0.2) is 0 Å². The first-order chi connectivity index (χ1) is 5.66. The second kappa shape index (κ2) is 7.56. The highest BCUT2D eigenvalue weighted by atomic mass is 14.6. The van der Waals surface area contributed by atoms with Gasteiger partial charge in [0.05, 0.1) is 0 Å². The number of nitrogens with two attached hydrogens (primary N) is 2. The molecule has 0 spiro atoms. The van der Waals surface area contributed by atoms with Crippen LogP contribution in [-0.4, -0.2) is 12.6 Å². The lowest BCUT2D eigenvalue weighted by Gasteiger charge is -2.15. The Bertz CT molecular complexity index is 85.8. The Kier molecular flexibility index (Phi) is 7.51. The maximum Gasteiger partial charge on any atom is 0.00388 e. The maximum atomic E-state index is 5.63. The highest BCUT2D eigenvalue weighted by Crippen LogP contribution is 2.14. The van der Waals surface area contributed by atoms with E-state index in [2.05, 4.69) is 13.8 Å². The van der Waals surface area contributed by atoms with Crippen LogP contribution in [0.1, 0.15) is 46.0 Å². The predicted molar refractivity (Wildman–Crippen MR) is 55.0 cm³/mol. The van der Waals surface area contributed by atoms with Crippen molar-refractivity contribution in [3.8, 4) is 0 Å². The lowest BCUT2D eigenvalue weighted by atomic mass is 9.97. The molecule has 1 fully saturated rings. The monoisotopic (exact) mass is 172 g/mol. The van der Waals surface area contributed by atoms with Gasteiger partial charge in [0.1, 0.15) is 0 Å². The zero-order valence-electron chi connectivity index (χ0n) is 8.55. The lowest BCUT2D eigenvalue weighted by Crippen LogP contribution is -2.22. The molecule has 0 aromatic rings. The number of hydrogen-bond donors (Lipinski definition) is 2. The first-order valence-electron chi connectivity index (χ1n) is 5.12. The second-order valence-electron chi connectivity index (χ2n) is 4.03. The van der Waals surface area contributed by atoms with Crippen LogP contribution in [0.25, 0.3) is 0 Å². The fourth-order valence-corrected chi connectivity index (χ4v) is 1.13. The molecule has 1 saturated carbocycles. The normalized spacial score (nSPS) is 18.8. The molecular weight excluding hydrogens is 148 g/mol. The summed E-state index contributed by atoms with van der Waals surface area (Å²) in [6.45, 7) is 5.00. The van der Waals surface area contributed by atoms with Crippen LogP contribution >= 0.6 is 0 Å². The van der Waals surface area contributed by atoms with Gasteiger partial charge in [-0.1, -0.05) is 33.1 Å². The van der Waals surface area contributed by atoms with Crippen molar-refractivity contribution in [2.45, 2.75) is 52.0 Å². The van der Waals surface area contributed by atoms with Crippen molar-refractivity contribution < 1.29 is 0 Å². The Labute approximate surface area is 76.7 Å². The molecule has 4 N–H and O–H groups in total. The molecule has 74 valence electrons. The van der Waals surface area contributed by atoms with E-state index >= 15 is 0 Å². The van der Waals surface area contributed by atoms with E-state index in [1.807, 2.05) is 0 Å². The van der Waals surface area contributed by atoms with Crippen molar-refractivity contribution in [3.63, 3.8) is 0 Å². The molecule has 2 nitrogen and oxygen atoms in total. The van der Waals surface area contributed by atoms with Crippen LogP contribution in [0.2, 0.25) is 0 Å². The molecule has 0 amide bonds. The smallest absolute Gasteiger partial charge is 0.00388 e. The van der Waals surface area contributed by atoms with Gasteiger partial charge in [-0.3, -0.25) is 0 Å².